The Kier molecular flexibility index (Phi) is 4.66. The molecule has 5 nitrogen and oxygen atoms in total. The molecule has 1 rings (SSSR count). The lowest BCUT2D eigenvalue weighted by molar-refractivity contribution is -0.141. The van der Waals surface area contributed by atoms with Gasteiger partial charge in [-0.05, 0) is 24.0 Å². The number of carbonyl (C=O) groups is 1. The molecule has 1 atom stereocenters. The lowest BCUT2D eigenvalue weighted by Gasteiger charge is -2.27. The van der Waals surface area contributed by atoms with Gasteiger partial charge in [0, 0.05) is 0 Å². The van der Waals surface area contributed by atoms with Crippen molar-refractivity contribution in [2.75, 3.05) is 0 Å². The van der Waals surface area contributed by atoms with E-state index in [9.17, 15) is 13.2 Å². The maximum atomic E-state index is 12.1. The van der Waals surface area contributed by atoms with Crippen molar-refractivity contribution in [1.82, 2.24) is 4.72 Å². The fraction of sp³-hybridized carbons (Fsp3) is 0.545. The number of hydrogen-bond acceptors (Lipinski definition) is 4. The zero-order valence-electron chi connectivity index (χ0n) is 11.0. The molecule has 0 radical (unpaired) electrons. The number of aryl methyl sites for hydroxylation is 1. The summed E-state index contributed by atoms with van der Waals surface area (Å²) in [6.45, 7) is 6.65. The predicted octanol–water partition coefficient (Wildman–Crippen LogP) is 2.49. The second kappa shape index (κ2) is 5.40. The van der Waals surface area contributed by atoms with Gasteiger partial charge in [-0.1, -0.05) is 32.4 Å². The van der Waals surface area contributed by atoms with E-state index < -0.39 is 27.4 Å². The van der Waals surface area contributed by atoms with E-state index in [0.717, 1.165) is 11.3 Å². The van der Waals surface area contributed by atoms with Crippen molar-refractivity contribution in [3.05, 3.63) is 16.0 Å². The molecule has 0 aliphatic heterocycles. The minimum atomic E-state index is -3.89. The maximum Gasteiger partial charge on any atom is 0.322 e. The topological polar surface area (TPSA) is 83.5 Å². The second-order valence-electron chi connectivity index (χ2n) is 5.28. The summed E-state index contributed by atoms with van der Waals surface area (Å²) in [5.41, 5.74) is -0.0932. The third-order valence-electron chi connectivity index (χ3n) is 2.49. The minimum absolute atomic E-state index is 0.0190. The Bertz CT molecular complexity index is 567. The molecule has 0 unspecified atom stereocenters. The van der Waals surface area contributed by atoms with E-state index in [1.807, 2.05) is 0 Å². The second-order valence-corrected chi connectivity index (χ2v) is 8.88. The Morgan fingerprint density at radius 2 is 2.00 bits per heavy atom. The number of carboxylic acid groups (broad SMARTS) is 1. The normalized spacial score (nSPS) is 14.4. The molecule has 0 aliphatic carbocycles. The third kappa shape index (κ3) is 3.92. The summed E-state index contributed by atoms with van der Waals surface area (Å²) in [7, 11) is -3.89. The molecule has 0 amide bonds. The molecule has 8 heteroatoms. The van der Waals surface area contributed by atoms with Gasteiger partial charge in [0.2, 0.25) is 0 Å². The lowest BCUT2D eigenvalue weighted by atomic mass is 9.88. The Hall–Kier alpha value is -0.630. The average molecular weight is 326 g/mol. The molecule has 0 saturated carbocycles. The van der Waals surface area contributed by atoms with E-state index >= 15 is 0 Å². The first-order chi connectivity index (χ1) is 8.45. The fourth-order valence-corrected chi connectivity index (χ4v) is 4.49. The molecule has 0 fully saturated rings. The first-order valence-corrected chi connectivity index (χ1v) is 8.14. The Balaban J connectivity index is 3.11. The standard InChI is InChI=1S/C11H16ClNO4S2/c1-6-5-7(18-9(6)12)19(16,17)13-8(10(14)15)11(2,3)4/h5,8,13H,1-4H3,(H,14,15)/t8-/m1/s1. The van der Waals surface area contributed by atoms with Gasteiger partial charge in [-0.25, -0.2) is 8.42 Å². The summed E-state index contributed by atoms with van der Waals surface area (Å²) in [6.07, 6.45) is 0. The van der Waals surface area contributed by atoms with Crippen LogP contribution in [0.25, 0.3) is 0 Å². The summed E-state index contributed by atoms with van der Waals surface area (Å²) in [6, 6.07) is 0.218. The summed E-state index contributed by atoms with van der Waals surface area (Å²) in [5, 5.41) is 9.13. The van der Waals surface area contributed by atoms with E-state index in [2.05, 4.69) is 4.72 Å². The number of hydrogen-bond donors (Lipinski definition) is 2. The molecule has 2 N–H and O–H groups in total. The van der Waals surface area contributed by atoms with Gasteiger partial charge in [0.15, 0.2) is 0 Å². The van der Waals surface area contributed by atoms with E-state index in [4.69, 9.17) is 16.7 Å². The maximum absolute atomic E-state index is 12.1. The van der Waals surface area contributed by atoms with Gasteiger partial charge in [0.25, 0.3) is 10.0 Å². The molecule has 0 aromatic carbocycles. The highest BCUT2D eigenvalue weighted by Gasteiger charge is 2.35. The first kappa shape index (κ1) is 16.4. The fourth-order valence-electron chi connectivity index (χ4n) is 1.38. The van der Waals surface area contributed by atoms with E-state index in [1.54, 1.807) is 27.7 Å². The highest BCUT2D eigenvalue weighted by atomic mass is 35.5. The van der Waals surface area contributed by atoms with Gasteiger partial charge < -0.3 is 5.11 Å². The SMILES string of the molecule is Cc1cc(S(=O)(=O)N[C@H](C(=O)O)C(C)(C)C)sc1Cl. The zero-order chi connectivity index (χ0) is 15.0. The summed E-state index contributed by atoms with van der Waals surface area (Å²) >= 11 is 6.74. The van der Waals surface area contributed by atoms with Gasteiger partial charge in [0.05, 0.1) is 4.34 Å². The van der Waals surface area contributed by atoms with E-state index in [0.29, 0.717) is 9.90 Å². The molecule has 108 valence electrons. The van der Waals surface area contributed by atoms with Crippen molar-refractivity contribution in [2.45, 2.75) is 37.9 Å². The van der Waals surface area contributed by atoms with Gasteiger partial charge in [0.1, 0.15) is 10.3 Å². The van der Waals surface area contributed by atoms with Crippen molar-refractivity contribution < 1.29 is 18.3 Å². The van der Waals surface area contributed by atoms with Crippen molar-refractivity contribution in [3.8, 4) is 0 Å². The van der Waals surface area contributed by atoms with Crippen LogP contribution in [0.15, 0.2) is 10.3 Å². The van der Waals surface area contributed by atoms with Crippen LogP contribution >= 0.6 is 22.9 Å². The Morgan fingerprint density at radius 3 is 2.32 bits per heavy atom. The molecule has 0 aliphatic rings. The quantitative estimate of drug-likeness (QED) is 0.890. The zero-order valence-corrected chi connectivity index (χ0v) is 13.4. The van der Waals surface area contributed by atoms with Crippen LogP contribution in [0.2, 0.25) is 4.34 Å². The third-order valence-corrected chi connectivity index (χ3v) is 5.94. The molecule has 0 saturated heterocycles. The molecule has 1 aromatic rings. The first-order valence-electron chi connectivity index (χ1n) is 5.46. The number of rotatable bonds is 4. The van der Waals surface area contributed by atoms with Crippen LogP contribution in [0.5, 0.6) is 0 Å². The van der Waals surface area contributed by atoms with Crippen LogP contribution in [-0.2, 0) is 14.8 Å². The van der Waals surface area contributed by atoms with Gasteiger partial charge in [-0.2, -0.15) is 4.72 Å². The van der Waals surface area contributed by atoms with Crippen molar-refractivity contribution in [3.63, 3.8) is 0 Å². The Morgan fingerprint density at radius 1 is 1.47 bits per heavy atom. The molecular formula is C11H16ClNO4S2. The summed E-state index contributed by atoms with van der Waals surface area (Å²) < 4.78 is 26.9. The predicted molar refractivity (Wildman–Crippen MR) is 75.3 cm³/mol. The minimum Gasteiger partial charge on any atom is -0.480 e. The van der Waals surface area contributed by atoms with Gasteiger partial charge >= 0.3 is 5.97 Å². The number of aliphatic carboxylic acids is 1. The smallest absolute Gasteiger partial charge is 0.322 e. The van der Waals surface area contributed by atoms with Crippen LogP contribution in [-0.4, -0.2) is 25.5 Å². The van der Waals surface area contributed by atoms with Crippen LogP contribution in [0, 0.1) is 12.3 Å². The number of halogens is 1. The monoisotopic (exact) mass is 325 g/mol. The average Bonchev–Trinajstić information content (AvgIpc) is 2.55. The number of nitrogens with one attached hydrogen (secondary N) is 1. The molecule has 1 heterocycles. The summed E-state index contributed by atoms with van der Waals surface area (Å²) in [5.74, 6) is -1.21. The van der Waals surface area contributed by atoms with Crippen LogP contribution < -0.4 is 4.72 Å². The lowest BCUT2D eigenvalue weighted by Crippen LogP contribution is -2.48. The van der Waals surface area contributed by atoms with Crippen molar-refractivity contribution in [1.29, 1.82) is 0 Å². The van der Waals surface area contributed by atoms with Crippen molar-refractivity contribution in [2.24, 2.45) is 5.41 Å². The van der Waals surface area contributed by atoms with Gasteiger partial charge in [-0.15, -0.1) is 11.3 Å². The highest BCUT2D eigenvalue weighted by molar-refractivity contribution is 7.91. The molecule has 0 spiro atoms. The molecule has 0 bridgehead atoms. The van der Waals surface area contributed by atoms with Crippen LogP contribution in [0.4, 0.5) is 0 Å². The largest absolute Gasteiger partial charge is 0.480 e. The van der Waals surface area contributed by atoms with Gasteiger partial charge in [-0.3, -0.25) is 4.79 Å². The van der Waals surface area contributed by atoms with Crippen LogP contribution in [0.3, 0.4) is 0 Å². The molecule has 19 heavy (non-hydrogen) atoms. The molecular weight excluding hydrogens is 310 g/mol. The van der Waals surface area contributed by atoms with E-state index in [1.165, 1.54) is 6.07 Å². The Labute approximate surface area is 121 Å². The van der Waals surface area contributed by atoms with E-state index in [-0.39, 0.29) is 4.21 Å². The number of carboxylic acids is 1. The highest BCUT2D eigenvalue weighted by Crippen LogP contribution is 2.31. The van der Waals surface area contributed by atoms with Crippen LogP contribution in [0.1, 0.15) is 26.3 Å². The number of sulfonamides is 1. The van der Waals surface area contributed by atoms with Crippen molar-refractivity contribution >= 4 is 38.9 Å². The molecule has 1 aromatic heterocycles. The number of thiophene rings is 1. The summed E-state index contributed by atoms with van der Waals surface area (Å²) in [4.78, 5) is 11.2.